The van der Waals surface area contributed by atoms with E-state index in [4.69, 9.17) is 0 Å². The van der Waals surface area contributed by atoms with Crippen molar-refractivity contribution < 1.29 is 8.42 Å². The average Bonchev–Trinajstić information content (AvgIpc) is 3.15. The first kappa shape index (κ1) is 15.0. The van der Waals surface area contributed by atoms with Crippen molar-refractivity contribution in [1.82, 2.24) is 19.0 Å². The highest BCUT2D eigenvalue weighted by Gasteiger charge is 2.32. The number of hydrogen-bond acceptors (Lipinski definition) is 4. The van der Waals surface area contributed by atoms with Crippen molar-refractivity contribution in [1.29, 1.82) is 0 Å². The van der Waals surface area contributed by atoms with Gasteiger partial charge in [-0.25, -0.2) is 8.42 Å². The molecule has 2 fully saturated rings. The summed E-state index contributed by atoms with van der Waals surface area (Å²) in [5.41, 5.74) is 0. The van der Waals surface area contributed by atoms with Crippen molar-refractivity contribution in [2.45, 2.75) is 37.8 Å². The lowest BCUT2D eigenvalue weighted by Gasteiger charge is -2.33. The van der Waals surface area contributed by atoms with Gasteiger partial charge in [0.15, 0.2) is 5.03 Å². The molecule has 2 aliphatic rings. The maximum atomic E-state index is 12.7. The maximum absolute atomic E-state index is 12.7. The Morgan fingerprint density at radius 2 is 1.95 bits per heavy atom. The molecule has 0 amide bonds. The molecule has 7 heteroatoms. The Bertz CT molecular complexity index is 572. The number of hydrogen-bond donors (Lipinski definition) is 0. The van der Waals surface area contributed by atoms with Crippen LogP contribution in [0.3, 0.4) is 0 Å². The molecule has 0 spiro atoms. The maximum Gasteiger partial charge on any atom is 0.260 e. The summed E-state index contributed by atoms with van der Waals surface area (Å²) in [7, 11) is -3.40. The van der Waals surface area contributed by atoms with Crippen LogP contribution in [0, 0.1) is 5.92 Å². The summed E-state index contributed by atoms with van der Waals surface area (Å²) in [5.74, 6) is 0.860. The zero-order chi connectivity index (χ0) is 14.9. The number of rotatable bonds is 6. The van der Waals surface area contributed by atoms with E-state index in [0.717, 1.165) is 32.0 Å². The highest BCUT2D eigenvalue weighted by atomic mass is 32.2. The molecule has 0 radical (unpaired) electrons. The highest BCUT2D eigenvalue weighted by molar-refractivity contribution is 7.89. The lowest BCUT2D eigenvalue weighted by atomic mass is 10.3. The number of aromatic nitrogens is 2. The molecule has 0 N–H and O–H groups in total. The van der Waals surface area contributed by atoms with E-state index in [0.29, 0.717) is 24.7 Å². The number of sulfonamides is 1. The van der Waals surface area contributed by atoms with Crippen LogP contribution in [0.4, 0.5) is 0 Å². The standard InChI is InChI=1S/C14H24N4O2S/c1-2-7-18-14(5-6-15-18)21(19,20)17-10-8-16(9-11-17)12-13-3-4-13/h5-6,13H,2-4,7-12H2,1H3. The second-order valence-electron chi connectivity index (χ2n) is 6.04. The minimum Gasteiger partial charge on any atom is -0.300 e. The third-order valence-corrected chi connectivity index (χ3v) is 6.18. The predicted octanol–water partition coefficient (Wildman–Crippen LogP) is 1.01. The van der Waals surface area contributed by atoms with Gasteiger partial charge >= 0.3 is 0 Å². The topological polar surface area (TPSA) is 58.4 Å². The Morgan fingerprint density at radius 3 is 2.57 bits per heavy atom. The first-order valence-corrected chi connectivity index (χ1v) is 9.29. The third kappa shape index (κ3) is 3.30. The molecule has 0 bridgehead atoms. The summed E-state index contributed by atoms with van der Waals surface area (Å²) in [4.78, 5) is 2.40. The minimum atomic E-state index is -3.40. The molecule has 118 valence electrons. The molecule has 0 unspecified atom stereocenters. The lowest BCUT2D eigenvalue weighted by Crippen LogP contribution is -2.49. The fourth-order valence-electron chi connectivity index (χ4n) is 2.87. The Kier molecular flexibility index (Phi) is 4.33. The van der Waals surface area contributed by atoms with Crippen LogP contribution in [0.5, 0.6) is 0 Å². The fourth-order valence-corrected chi connectivity index (χ4v) is 4.42. The van der Waals surface area contributed by atoms with E-state index >= 15 is 0 Å². The number of piperazine rings is 1. The van der Waals surface area contributed by atoms with Gasteiger partial charge in [-0.1, -0.05) is 6.92 Å². The van der Waals surface area contributed by atoms with Crippen LogP contribution in [0.15, 0.2) is 17.3 Å². The van der Waals surface area contributed by atoms with Gasteiger partial charge in [0.05, 0.1) is 6.20 Å². The van der Waals surface area contributed by atoms with Crippen molar-refractivity contribution in [3.8, 4) is 0 Å². The van der Waals surface area contributed by atoms with Gasteiger partial charge in [-0.3, -0.25) is 4.68 Å². The first-order chi connectivity index (χ1) is 10.1. The van der Waals surface area contributed by atoms with Crippen LogP contribution >= 0.6 is 0 Å². The van der Waals surface area contributed by atoms with Crippen molar-refractivity contribution in [3.63, 3.8) is 0 Å². The minimum absolute atomic E-state index is 0.333. The number of nitrogens with zero attached hydrogens (tertiary/aromatic N) is 4. The Morgan fingerprint density at radius 1 is 1.24 bits per heavy atom. The summed E-state index contributed by atoms with van der Waals surface area (Å²) in [6, 6.07) is 1.61. The van der Waals surface area contributed by atoms with E-state index in [2.05, 4.69) is 10.00 Å². The van der Waals surface area contributed by atoms with Gasteiger partial charge in [-0.05, 0) is 31.2 Å². The van der Waals surface area contributed by atoms with Crippen LogP contribution < -0.4 is 0 Å². The summed E-state index contributed by atoms with van der Waals surface area (Å²) in [6.07, 6.45) is 5.13. The van der Waals surface area contributed by atoms with E-state index in [-0.39, 0.29) is 0 Å². The largest absolute Gasteiger partial charge is 0.300 e. The lowest BCUT2D eigenvalue weighted by molar-refractivity contribution is 0.181. The van der Waals surface area contributed by atoms with Crippen molar-refractivity contribution in [2.75, 3.05) is 32.7 Å². The molecule has 1 saturated carbocycles. The van der Waals surface area contributed by atoms with E-state index < -0.39 is 10.0 Å². The smallest absolute Gasteiger partial charge is 0.260 e. The Hall–Kier alpha value is -0.920. The van der Waals surface area contributed by atoms with Gasteiger partial charge < -0.3 is 4.90 Å². The quantitative estimate of drug-likeness (QED) is 0.786. The molecule has 1 saturated heterocycles. The Balaban J connectivity index is 1.66. The van der Waals surface area contributed by atoms with Crippen LogP contribution in [0.1, 0.15) is 26.2 Å². The molecule has 6 nitrogen and oxygen atoms in total. The molecule has 2 heterocycles. The summed E-state index contributed by atoms with van der Waals surface area (Å²) >= 11 is 0. The molecule has 0 atom stereocenters. The molecule has 1 aliphatic carbocycles. The van der Waals surface area contributed by atoms with E-state index in [1.54, 1.807) is 21.3 Å². The highest BCUT2D eigenvalue weighted by Crippen LogP contribution is 2.30. The van der Waals surface area contributed by atoms with Gasteiger partial charge in [0.2, 0.25) is 0 Å². The van der Waals surface area contributed by atoms with E-state index in [1.165, 1.54) is 12.8 Å². The van der Waals surface area contributed by atoms with Crippen molar-refractivity contribution in [3.05, 3.63) is 12.3 Å². The third-order valence-electron chi connectivity index (χ3n) is 4.26. The molecular formula is C14H24N4O2S. The van der Waals surface area contributed by atoms with Crippen LogP contribution in [-0.4, -0.2) is 60.1 Å². The SMILES string of the molecule is CCCn1nccc1S(=O)(=O)N1CCN(CC2CC2)CC1. The van der Waals surface area contributed by atoms with Crippen molar-refractivity contribution >= 4 is 10.0 Å². The molecule has 1 aromatic heterocycles. The molecule has 1 aromatic rings. The molecule has 21 heavy (non-hydrogen) atoms. The Labute approximate surface area is 126 Å². The van der Waals surface area contributed by atoms with E-state index in [9.17, 15) is 8.42 Å². The van der Waals surface area contributed by atoms with Crippen LogP contribution in [0.25, 0.3) is 0 Å². The molecule has 3 rings (SSSR count). The predicted molar refractivity (Wildman–Crippen MR) is 80.4 cm³/mol. The average molecular weight is 312 g/mol. The summed E-state index contributed by atoms with van der Waals surface area (Å²) in [6.45, 7) is 6.67. The first-order valence-electron chi connectivity index (χ1n) is 7.85. The van der Waals surface area contributed by atoms with Gasteiger partial charge in [0, 0.05) is 39.3 Å². The summed E-state index contributed by atoms with van der Waals surface area (Å²) in [5, 5.41) is 4.46. The zero-order valence-corrected chi connectivity index (χ0v) is 13.4. The van der Waals surface area contributed by atoms with Crippen LogP contribution in [-0.2, 0) is 16.6 Å². The normalized spacial score (nSPS) is 21.8. The second kappa shape index (κ2) is 6.06. The van der Waals surface area contributed by atoms with Gasteiger partial charge in [-0.15, -0.1) is 0 Å². The molecule has 0 aromatic carbocycles. The van der Waals surface area contributed by atoms with E-state index in [1.807, 2.05) is 6.92 Å². The van der Waals surface area contributed by atoms with Gasteiger partial charge in [0.25, 0.3) is 10.0 Å². The van der Waals surface area contributed by atoms with Crippen molar-refractivity contribution in [2.24, 2.45) is 5.92 Å². The second-order valence-corrected chi connectivity index (χ2v) is 7.93. The molecular weight excluding hydrogens is 288 g/mol. The summed E-state index contributed by atoms with van der Waals surface area (Å²) < 4.78 is 28.7. The van der Waals surface area contributed by atoms with Crippen LogP contribution in [0.2, 0.25) is 0 Å². The van der Waals surface area contributed by atoms with Gasteiger partial charge in [-0.2, -0.15) is 9.40 Å². The monoisotopic (exact) mass is 312 g/mol. The fraction of sp³-hybridized carbons (Fsp3) is 0.786. The zero-order valence-electron chi connectivity index (χ0n) is 12.6. The van der Waals surface area contributed by atoms with Gasteiger partial charge in [0.1, 0.15) is 0 Å². The number of aryl methyl sites for hydroxylation is 1. The molecule has 1 aliphatic heterocycles.